The molecule has 0 saturated carbocycles. The van der Waals surface area contributed by atoms with Crippen LogP contribution in [0.1, 0.15) is 34.4 Å². The van der Waals surface area contributed by atoms with Crippen LogP contribution in [0.4, 0.5) is 0 Å². The van der Waals surface area contributed by atoms with Gasteiger partial charge in [-0.3, -0.25) is 4.98 Å². The number of aromatic nitrogens is 2. The molecule has 0 fully saturated rings. The molecule has 0 aromatic carbocycles. The van der Waals surface area contributed by atoms with E-state index in [2.05, 4.69) is 9.97 Å². The van der Waals surface area contributed by atoms with E-state index < -0.39 is 5.97 Å². The molecule has 0 radical (unpaired) electrons. The topological polar surface area (TPSA) is 63.1 Å². The van der Waals surface area contributed by atoms with Crippen molar-refractivity contribution in [1.29, 1.82) is 0 Å². The lowest BCUT2D eigenvalue weighted by Crippen LogP contribution is -1.98. The maximum absolute atomic E-state index is 11.2. The average molecular weight is 262 g/mol. The zero-order chi connectivity index (χ0) is 13.1. The van der Waals surface area contributed by atoms with Crippen LogP contribution in [0.25, 0.3) is 10.7 Å². The van der Waals surface area contributed by atoms with Crippen LogP contribution in [0.5, 0.6) is 0 Å². The fourth-order valence-corrected chi connectivity index (χ4v) is 2.62. The fraction of sp³-hybridized carbons (Fsp3) is 0.308. The van der Waals surface area contributed by atoms with Gasteiger partial charge < -0.3 is 5.11 Å². The number of carboxylic acids is 1. The number of rotatable bonds is 4. The summed E-state index contributed by atoms with van der Waals surface area (Å²) in [7, 11) is 0. The minimum Gasteiger partial charge on any atom is -0.477 e. The Morgan fingerprint density at radius 1 is 1.39 bits per heavy atom. The van der Waals surface area contributed by atoms with Gasteiger partial charge >= 0.3 is 5.97 Å². The summed E-state index contributed by atoms with van der Waals surface area (Å²) in [5.41, 5.74) is 2.30. The first kappa shape index (κ1) is 12.7. The van der Waals surface area contributed by atoms with Gasteiger partial charge in [-0.25, -0.2) is 9.78 Å². The van der Waals surface area contributed by atoms with Gasteiger partial charge in [0.05, 0.1) is 11.4 Å². The summed E-state index contributed by atoms with van der Waals surface area (Å²) >= 11 is 1.20. The van der Waals surface area contributed by atoms with Crippen LogP contribution in [0.15, 0.2) is 18.2 Å². The SMILES string of the molecule is CCCc1nc(-c2cccc(C)n2)sc1C(=O)O. The van der Waals surface area contributed by atoms with Crippen LogP contribution in [0.3, 0.4) is 0 Å². The smallest absolute Gasteiger partial charge is 0.347 e. The third-order valence-electron chi connectivity index (χ3n) is 2.49. The van der Waals surface area contributed by atoms with E-state index in [1.807, 2.05) is 32.0 Å². The Morgan fingerprint density at radius 3 is 2.78 bits per heavy atom. The second-order valence-corrected chi connectivity index (χ2v) is 5.01. The zero-order valence-electron chi connectivity index (χ0n) is 10.3. The van der Waals surface area contributed by atoms with E-state index in [-0.39, 0.29) is 0 Å². The molecule has 0 aliphatic heterocycles. The van der Waals surface area contributed by atoms with Crippen molar-refractivity contribution in [2.75, 3.05) is 0 Å². The third-order valence-corrected chi connectivity index (χ3v) is 3.59. The van der Waals surface area contributed by atoms with Crippen LogP contribution in [0, 0.1) is 6.92 Å². The molecule has 0 amide bonds. The summed E-state index contributed by atoms with van der Waals surface area (Å²) in [6.07, 6.45) is 1.56. The Morgan fingerprint density at radius 2 is 2.17 bits per heavy atom. The second-order valence-electron chi connectivity index (χ2n) is 4.01. The molecule has 2 aromatic heterocycles. The predicted octanol–water partition coefficient (Wildman–Crippen LogP) is 3.16. The first-order chi connectivity index (χ1) is 8.61. The molecule has 2 rings (SSSR count). The van der Waals surface area contributed by atoms with Crippen molar-refractivity contribution in [1.82, 2.24) is 9.97 Å². The summed E-state index contributed by atoms with van der Waals surface area (Å²) < 4.78 is 0. The quantitative estimate of drug-likeness (QED) is 0.919. The van der Waals surface area contributed by atoms with Crippen molar-refractivity contribution in [3.63, 3.8) is 0 Å². The highest BCUT2D eigenvalue weighted by molar-refractivity contribution is 7.17. The molecule has 0 unspecified atom stereocenters. The molecule has 4 nitrogen and oxygen atoms in total. The Bertz CT molecular complexity index is 578. The molecule has 0 atom stereocenters. The Labute approximate surface area is 109 Å². The number of nitrogens with zero attached hydrogens (tertiary/aromatic N) is 2. The fourth-order valence-electron chi connectivity index (χ4n) is 1.70. The summed E-state index contributed by atoms with van der Waals surface area (Å²) in [5, 5.41) is 9.84. The molecule has 0 aliphatic carbocycles. The number of carboxylic acid groups (broad SMARTS) is 1. The van der Waals surface area contributed by atoms with Gasteiger partial charge in [-0.05, 0) is 25.5 Å². The van der Waals surface area contributed by atoms with Gasteiger partial charge in [0.2, 0.25) is 0 Å². The van der Waals surface area contributed by atoms with Gasteiger partial charge in [0.1, 0.15) is 9.88 Å². The van der Waals surface area contributed by atoms with Crippen molar-refractivity contribution in [3.8, 4) is 10.7 Å². The van der Waals surface area contributed by atoms with E-state index in [1.165, 1.54) is 11.3 Å². The average Bonchev–Trinajstić information content (AvgIpc) is 2.74. The number of aryl methyl sites for hydroxylation is 2. The lowest BCUT2D eigenvalue weighted by atomic mass is 10.2. The molecular formula is C13H14N2O2S. The molecule has 2 aromatic rings. The number of hydrogen-bond donors (Lipinski definition) is 1. The first-order valence-corrected chi connectivity index (χ1v) is 6.60. The largest absolute Gasteiger partial charge is 0.477 e. The third kappa shape index (κ3) is 2.56. The molecule has 0 bridgehead atoms. The molecule has 0 aliphatic rings. The molecule has 94 valence electrons. The zero-order valence-corrected chi connectivity index (χ0v) is 11.1. The molecule has 0 spiro atoms. The molecule has 18 heavy (non-hydrogen) atoms. The van der Waals surface area contributed by atoms with Crippen LogP contribution in [-0.4, -0.2) is 21.0 Å². The highest BCUT2D eigenvalue weighted by Gasteiger charge is 2.17. The highest BCUT2D eigenvalue weighted by atomic mass is 32.1. The normalized spacial score (nSPS) is 10.6. The van der Waals surface area contributed by atoms with E-state index in [4.69, 9.17) is 5.11 Å². The van der Waals surface area contributed by atoms with Gasteiger partial charge in [-0.1, -0.05) is 19.4 Å². The van der Waals surface area contributed by atoms with E-state index in [9.17, 15) is 4.79 Å². The first-order valence-electron chi connectivity index (χ1n) is 5.79. The summed E-state index contributed by atoms with van der Waals surface area (Å²) in [6.45, 7) is 3.91. The summed E-state index contributed by atoms with van der Waals surface area (Å²) in [5.74, 6) is -0.908. The molecular weight excluding hydrogens is 248 g/mol. The van der Waals surface area contributed by atoms with Gasteiger partial charge in [0.15, 0.2) is 0 Å². The summed E-state index contributed by atoms with van der Waals surface area (Å²) in [6, 6.07) is 5.66. The highest BCUT2D eigenvalue weighted by Crippen LogP contribution is 2.27. The number of thiazole rings is 1. The van der Waals surface area contributed by atoms with E-state index in [0.29, 0.717) is 22.0 Å². The molecule has 1 N–H and O–H groups in total. The van der Waals surface area contributed by atoms with Crippen LogP contribution in [0.2, 0.25) is 0 Å². The number of carbonyl (C=O) groups is 1. The van der Waals surface area contributed by atoms with E-state index in [1.54, 1.807) is 0 Å². The van der Waals surface area contributed by atoms with Crippen molar-refractivity contribution in [2.24, 2.45) is 0 Å². The minimum absolute atomic E-state index is 0.329. The Balaban J connectivity index is 2.46. The molecule has 0 saturated heterocycles. The van der Waals surface area contributed by atoms with Gasteiger partial charge in [0, 0.05) is 5.69 Å². The Hall–Kier alpha value is -1.75. The van der Waals surface area contributed by atoms with E-state index >= 15 is 0 Å². The number of pyridine rings is 1. The van der Waals surface area contributed by atoms with Gasteiger partial charge in [0.25, 0.3) is 0 Å². The Kier molecular flexibility index (Phi) is 3.72. The lowest BCUT2D eigenvalue weighted by molar-refractivity contribution is 0.0700. The molecule has 5 heteroatoms. The maximum atomic E-state index is 11.2. The maximum Gasteiger partial charge on any atom is 0.347 e. The monoisotopic (exact) mass is 262 g/mol. The predicted molar refractivity (Wildman–Crippen MR) is 71.0 cm³/mol. The van der Waals surface area contributed by atoms with Crippen molar-refractivity contribution in [2.45, 2.75) is 26.7 Å². The number of hydrogen-bond acceptors (Lipinski definition) is 4. The van der Waals surface area contributed by atoms with Crippen LogP contribution < -0.4 is 0 Å². The van der Waals surface area contributed by atoms with Gasteiger partial charge in [-0.2, -0.15) is 0 Å². The van der Waals surface area contributed by atoms with Crippen molar-refractivity contribution < 1.29 is 9.90 Å². The van der Waals surface area contributed by atoms with Crippen LogP contribution >= 0.6 is 11.3 Å². The van der Waals surface area contributed by atoms with E-state index in [0.717, 1.165) is 17.8 Å². The lowest BCUT2D eigenvalue weighted by Gasteiger charge is -1.96. The summed E-state index contributed by atoms with van der Waals surface area (Å²) in [4.78, 5) is 20.3. The second kappa shape index (κ2) is 5.27. The van der Waals surface area contributed by atoms with Gasteiger partial charge in [-0.15, -0.1) is 11.3 Å². The number of aromatic carboxylic acids is 1. The van der Waals surface area contributed by atoms with Crippen molar-refractivity contribution >= 4 is 17.3 Å². The van der Waals surface area contributed by atoms with Crippen LogP contribution in [-0.2, 0) is 6.42 Å². The standard InChI is InChI=1S/C13H14N2O2S/c1-3-5-9-11(13(16)17)18-12(15-9)10-7-4-6-8(2)14-10/h4,6-7H,3,5H2,1-2H3,(H,16,17). The molecule has 2 heterocycles. The minimum atomic E-state index is -0.908. The van der Waals surface area contributed by atoms with Crippen molar-refractivity contribution in [3.05, 3.63) is 34.5 Å².